The van der Waals surface area contributed by atoms with Crippen molar-refractivity contribution in [1.29, 1.82) is 0 Å². The lowest BCUT2D eigenvalue weighted by atomic mass is 9.94. The Labute approximate surface area is 154 Å². The highest BCUT2D eigenvalue weighted by molar-refractivity contribution is 6.30. The summed E-state index contributed by atoms with van der Waals surface area (Å²) >= 11 is 6.02. The Morgan fingerprint density at radius 2 is 2.04 bits per heavy atom. The standard InChI is InChI=1S/C19H29ClN2O3/c1-13-5-7-22(8-6-13)18-16(25-17(12-23)19(18)24)11-21-10-14-3-2-4-15(20)9-14/h2-4,9,13,16-19,21,23-24H,5-8,10-12H2,1H3/t16-,17+,18+,19-/m1/s1. The second kappa shape index (κ2) is 8.80. The maximum absolute atomic E-state index is 10.6. The van der Waals surface area contributed by atoms with Crippen molar-refractivity contribution in [3.63, 3.8) is 0 Å². The Morgan fingerprint density at radius 3 is 2.72 bits per heavy atom. The van der Waals surface area contributed by atoms with Gasteiger partial charge in [-0.05, 0) is 49.5 Å². The Bertz CT molecular complexity index is 551. The molecule has 0 aliphatic carbocycles. The van der Waals surface area contributed by atoms with Gasteiger partial charge in [-0.2, -0.15) is 0 Å². The van der Waals surface area contributed by atoms with E-state index in [2.05, 4.69) is 17.1 Å². The minimum atomic E-state index is -0.642. The topological polar surface area (TPSA) is 65.0 Å². The molecule has 0 amide bonds. The smallest absolute Gasteiger partial charge is 0.109 e. The van der Waals surface area contributed by atoms with Crippen molar-refractivity contribution in [2.24, 2.45) is 5.92 Å². The number of aliphatic hydroxyl groups is 2. The van der Waals surface area contributed by atoms with Crippen molar-refractivity contribution in [2.75, 3.05) is 26.2 Å². The highest BCUT2D eigenvalue weighted by Crippen LogP contribution is 2.29. The number of nitrogens with zero attached hydrogens (tertiary/aromatic N) is 1. The molecule has 0 bridgehead atoms. The van der Waals surface area contributed by atoms with Gasteiger partial charge in [0, 0.05) is 18.1 Å². The van der Waals surface area contributed by atoms with Crippen LogP contribution in [0.2, 0.25) is 5.02 Å². The average molecular weight is 369 g/mol. The van der Waals surface area contributed by atoms with Crippen LogP contribution in [0.5, 0.6) is 0 Å². The predicted molar refractivity (Wildman–Crippen MR) is 98.7 cm³/mol. The maximum atomic E-state index is 10.6. The molecule has 2 fully saturated rings. The van der Waals surface area contributed by atoms with Crippen molar-refractivity contribution < 1.29 is 14.9 Å². The number of halogens is 1. The summed E-state index contributed by atoms with van der Waals surface area (Å²) in [6.45, 7) is 5.43. The number of likely N-dealkylation sites (tertiary alicyclic amines) is 1. The zero-order valence-corrected chi connectivity index (χ0v) is 15.5. The fourth-order valence-corrected chi connectivity index (χ4v) is 4.14. The van der Waals surface area contributed by atoms with E-state index in [1.54, 1.807) is 0 Å². The molecule has 0 aromatic heterocycles. The fourth-order valence-electron chi connectivity index (χ4n) is 3.93. The summed E-state index contributed by atoms with van der Waals surface area (Å²) in [5.74, 6) is 0.740. The zero-order chi connectivity index (χ0) is 17.8. The van der Waals surface area contributed by atoms with Crippen LogP contribution in [0, 0.1) is 5.92 Å². The van der Waals surface area contributed by atoms with E-state index in [0.717, 1.165) is 42.4 Å². The molecule has 4 atom stereocenters. The summed E-state index contributed by atoms with van der Waals surface area (Å²) in [5, 5.41) is 24.3. The molecular weight excluding hydrogens is 340 g/mol. The van der Waals surface area contributed by atoms with Gasteiger partial charge in [-0.25, -0.2) is 0 Å². The molecule has 1 aromatic carbocycles. The molecule has 140 valence electrons. The average Bonchev–Trinajstić information content (AvgIpc) is 2.92. The van der Waals surface area contributed by atoms with Crippen molar-refractivity contribution in [1.82, 2.24) is 10.2 Å². The van der Waals surface area contributed by atoms with Crippen LogP contribution >= 0.6 is 11.6 Å². The van der Waals surface area contributed by atoms with E-state index < -0.39 is 12.2 Å². The first-order valence-corrected chi connectivity index (χ1v) is 9.60. The summed E-state index contributed by atoms with van der Waals surface area (Å²) in [6, 6.07) is 7.72. The Morgan fingerprint density at radius 1 is 1.28 bits per heavy atom. The highest BCUT2D eigenvalue weighted by Gasteiger charge is 2.46. The second-order valence-electron chi connectivity index (χ2n) is 7.36. The van der Waals surface area contributed by atoms with Gasteiger partial charge in [0.2, 0.25) is 0 Å². The lowest BCUT2D eigenvalue weighted by molar-refractivity contribution is -0.0213. The monoisotopic (exact) mass is 368 g/mol. The molecule has 2 aliphatic heterocycles. The molecular formula is C19H29ClN2O3. The third-order valence-corrected chi connectivity index (χ3v) is 5.68. The number of piperidine rings is 1. The lowest BCUT2D eigenvalue weighted by Crippen LogP contribution is -2.53. The first-order valence-electron chi connectivity index (χ1n) is 9.22. The van der Waals surface area contributed by atoms with Gasteiger partial charge in [-0.1, -0.05) is 30.7 Å². The summed E-state index contributed by atoms with van der Waals surface area (Å²) in [7, 11) is 0. The molecule has 2 aliphatic rings. The Hall–Kier alpha value is -0.690. The third kappa shape index (κ3) is 4.73. The van der Waals surface area contributed by atoms with Crippen LogP contribution in [-0.2, 0) is 11.3 Å². The summed E-state index contributed by atoms with van der Waals surface area (Å²) in [5.41, 5.74) is 1.12. The number of rotatable bonds is 6. The minimum Gasteiger partial charge on any atom is -0.394 e. The van der Waals surface area contributed by atoms with Crippen LogP contribution in [0.3, 0.4) is 0 Å². The molecule has 0 unspecified atom stereocenters. The maximum Gasteiger partial charge on any atom is 0.109 e. The summed E-state index contributed by atoms with van der Waals surface area (Å²) in [4.78, 5) is 2.34. The number of hydrogen-bond donors (Lipinski definition) is 3. The molecule has 1 aromatic rings. The van der Waals surface area contributed by atoms with Gasteiger partial charge >= 0.3 is 0 Å². The third-order valence-electron chi connectivity index (χ3n) is 5.44. The molecule has 0 spiro atoms. The Kier molecular flexibility index (Phi) is 6.72. The van der Waals surface area contributed by atoms with Crippen LogP contribution in [0.4, 0.5) is 0 Å². The van der Waals surface area contributed by atoms with E-state index in [9.17, 15) is 10.2 Å². The van der Waals surface area contributed by atoms with Crippen LogP contribution in [0.25, 0.3) is 0 Å². The van der Waals surface area contributed by atoms with Gasteiger partial charge in [0.25, 0.3) is 0 Å². The molecule has 0 saturated carbocycles. The first kappa shape index (κ1) is 19.1. The zero-order valence-electron chi connectivity index (χ0n) is 14.8. The summed E-state index contributed by atoms with van der Waals surface area (Å²) in [6.07, 6.45) is 1.03. The molecule has 0 radical (unpaired) electrons. The predicted octanol–water partition coefficient (Wildman–Crippen LogP) is 1.65. The molecule has 3 rings (SSSR count). The van der Waals surface area contributed by atoms with Crippen LogP contribution in [-0.4, -0.2) is 65.7 Å². The van der Waals surface area contributed by atoms with E-state index in [1.165, 1.54) is 0 Å². The van der Waals surface area contributed by atoms with Gasteiger partial charge in [0.15, 0.2) is 0 Å². The minimum absolute atomic E-state index is 0.0588. The van der Waals surface area contributed by atoms with Gasteiger partial charge in [-0.3, -0.25) is 4.90 Å². The Balaban J connectivity index is 1.59. The van der Waals surface area contributed by atoms with E-state index in [0.29, 0.717) is 13.1 Å². The number of benzene rings is 1. The van der Waals surface area contributed by atoms with Gasteiger partial charge in [-0.15, -0.1) is 0 Å². The van der Waals surface area contributed by atoms with E-state index in [-0.39, 0.29) is 18.8 Å². The van der Waals surface area contributed by atoms with Crippen LogP contribution < -0.4 is 5.32 Å². The van der Waals surface area contributed by atoms with Gasteiger partial charge in [0.1, 0.15) is 12.2 Å². The van der Waals surface area contributed by atoms with E-state index >= 15 is 0 Å². The highest BCUT2D eigenvalue weighted by atomic mass is 35.5. The van der Waals surface area contributed by atoms with E-state index in [1.807, 2.05) is 24.3 Å². The van der Waals surface area contributed by atoms with E-state index in [4.69, 9.17) is 16.3 Å². The SMILES string of the molecule is CC1CCN([C@@H]2[C@H](O)[C@H](CO)O[C@@H]2CNCc2cccc(Cl)c2)CC1. The molecule has 2 saturated heterocycles. The number of hydrogen-bond acceptors (Lipinski definition) is 5. The lowest BCUT2D eigenvalue weighted by Gasteiger charge is -2.38. The second-order valence-corrected chi connectivity index (χ2v) is 7.79. The molecule has 25 heavy (non-hydrogen) atoms. The van der Waals surface area contributed by atoms with Gasteiger partial charge in [0.05, 0.1) is 18.8 Å². The van der Waals surface area contributed by atoms with Crippen molar-refractivity contribution in [3.05, 3.63) is 34.9 Å². The van der Waals surface area contributed by atoms with Gasteiger partial charge < -0.3 is 20.3 Å². The normalized spacial score (nSPS) is 31.5. The quantitative estimate of drug-likeness (QED) is 0.712. The van der Waals surface area contributed by atoms with Crippen LogP contribution in [0.1, 0.15) is 25.3 Å². The molecule has 3 N–H and O–H groups in total. The first-order chi connectivity index (χ1) is 12.1. The number of nitrogens with one attached hydrogen (secondary N) is 1. The molecule has 6 heteroatoms. The van der Waals surface area contributed by atoms with Crippen molar-refractivity contribution in [2.45, 2.75) is 50.7 Å². The largest absolute Gasteiger partial charge is 0.394 e. The number of ether oxygens (including phenoxy) is 1. The summed E-state index contributed by atoms with van der Waals surface area (Å²) < 4.78 is 5.95. The molecule has 2 heterocycles. The number of aliphatic hydroxyl groups excluding tert-OH is 2. The molecule has 5 nitrogen and oxygen atoms in total. The van der Waals surface area contributed by atoms with Crippen molar-refractivity contribution >= 4 is 11.6 Å². The van der Waals surface area contributed by atoms with Crippen LogP contribution in [0.15, 0.2) is 24.3 Å². The van der Waals surface area contributed by atoms with Crippen molar-refractivity contribution in [3.8, 4) is 0 Å². The fraction of sp³-hybridized carbons (Fsp3) is 0.684.